The summed E-state index contributed by atoms with van der Waals surface area (Å²) in [6.07, 6.45) is 2.60. The highest BCUT2D eigenvalue weighted by molar-refractivity contribution is 9.10. The van der Waals surface area contributed by atoms with Crippen molar-refractivity contribution in [2.24, 2.45) is 0 Å². The topological polar surface area (TPSA) is 74.8 Å². The number of aromatic nitrogens is 2. The first-order valence-corrected chi connectivity index (χ1v) is 7.46. The molecule has 5 nitrogen and oxygen atoms in total. The summed E-state index contributed by atoms with van der Waals surface area (Å²) in [4.78, 5) is 0.106. The van der Waals surface area contributed by atoms with E-state index < -0.39 is 10.0 Å². The fraction of sp³-hybridized carbons (Fsp3) is 0.182. The van der Waals surface area contributed by atoms with E-state index in [1.54, 1.807) is 0 Å². The van der Waals surface area contributed by atoms with Crippen LogP contribution in [-0.2, 0) is 10.0 Å². The summed E-state index contributed by atoms with van der Waals surface area (Å²) < 4.78 is 27.4. The lowest BCUT2D eigenvalue weighted by atomic mass is 10.1. The number of nitrogens with zero attached hydrogens (tertiary/aromatic N) is 1. The van der Waals surface area contributed by atoms with Crippen LogP contribution in [0.2, 0.25) is 0 Å². The Bertz CT molecular complexity index is 643. The first kappa shape index (κ1) is 13.1. The van der Waals surface area contributed by atoms with Gasteiger partial charge in [0.15, 0.2) is 0 Å². The van der Waals surface area contributed by atoms with Gasteiger partial charge in [-0.1, -0.05) is 6.07 Å². The standard InChI is InChI=1S/C11H12BrN3O2S/c1-7-3-8(2)11(10(12)4-7)15-18(16,17)9-5-13-14-6-9/h3-6,15H,1-2H3,(H,13,14). The van der Waals surface area contributed by atoms with Crippen molar-refractivity contribution in [3.05, 3.63) is 40.1 Å². The molecule has 0 unspecified atom stereocenters. The highest BCUT2D eigenvalue weighted by atomic mass is 79.9. The van der Waals surface area contributed by atoms with Gasteiger partial charge < -0.3 is 0 Å². The Morgan fingerprint density at radius 1 is 1.33 bits per heavy atom. The molecule has 0 saturated carbocycles. The van der Waals surface area contributed by atoms with Crippen molar-refractivity contribution >= 4 is 31.6 Å². The van der Waals surface area contributed by atoms with Gasteiger partial charge in [0, 0.05) is 10.7 Å². The maximum Gasteiger partial charge on any atom is 0.265 e. The predicted octanol–water partition coefficient (Wildman–Crippen LogP) is 2.59. The van der Waals surface area contributed by atoms with E-state index in [2.05, 4.69) is 30.8 Å². The molecule has 0 bridgehead atoms. The van der Waals surface area contributed by atoms with Crippen LogP contribution in [0.15, 0.2) is 33.9 Å². The smallest absolute Gasteiger partial charge is 0.265 e. The molecule has 1 aromatic heterocycles. The number of aromatic amines is 1. The Hall–Kier alpha value is -1.34. The number of anilines is 1. The highest BCUT2D eigenvalue weighted by Gasteiger charge is 2.18. The average molecular weight is 330 g/mol. The Morgan fingerprint density at radius 2 is 2.06 bits per heavy atom. The van der Waals surface area contributed by atoms with Gasteiger partial charge in [-0.05, 0) is 47.0 Å². The second-order valence-electron chi connectivity index (χ2n) is 3.98. The molecular formula is C11H12BrN3O2S. The van der Waals surface area contributed by atoms with E-state index in [0.29, 0.717) is 10.2 Å². The number of sulfonamides is 1. The molecule has 7 heteroatoms. The summed E-state index contributed by atoms with van der Waals surface area (Å²) in [5, 5.41) is 6.11. The second kappa shape index (κ2) is 4.74. The largest absolute Gasteiger partial charge is 0.284 e. The van der Waals surface area contributed by atoms with Crippen LogP contribution in [-0.4, -0.2) is 18.6 Å². The molecule has 0 saturated heterocycles. The van der Waals surface area contributed by atoms with E-state index in [1.807, 2.05) is 26.0 Å². The van der Waals surface area contributed by atoms with Gasteiger partial charge in [-0.2, -0.15) is 5.10 Å². The third kappa shape index (κ3) is 2.56. The molecule has 0 fully saturated rings. The monoisotopic (exact) mass is 329 g/mol. The minimum absolute atomic E-state index is 0.106. The lowest BCUT2D eigenvalue weighted by Gasteiger charge is -2.12. The number of rotatable bonds is 3. The van der Waals surface area contributed by atoms with E-state index in [-0.39, 0.29) is 4.90 Å². The quantitative estimate of drug-likeness (QED) is 0.908. The molecule has 2 aromatic rings. The van der Waals surface area contributed by atoms with E-state index in [1.165, 1.54) is 12.4 Å². The molecule has 0 aliphatic heterocycles. The first-order chi connectivity index (χ1) is 8.40. The van der Waals surface area contributed by atoms with Gasteiger partial charge in [0.05, 0.1) is 11.9 Å². The van der Waals surface area contributed by atoms with E-state index >= 15 is 0 Å². The summed E-state index contributed by atoms with van der Waals surface area (Å²) in [5.74, 6) is 0. The summed E-state index contributed by atoms with van der Waals surface area (Å²) in [6.45, 7) is 3.80. The molecule has 18 heavy (non-hydrogen) atoms. The maximum absolute atomic E-state index is 12.1. The van der Waals surface area contributed by atoms with Gasteiger partial charge >= 0.3 is 0 Å². The summed E-state index contributed by atoms with van der Waals surface area (Å²) in [6, 6.07) is 3.78. The molecule has 2 N–H and O–H groups in total. The molecule has 0 atom stereocenters. The molecule has 0 aliphatic rings. The Balaban J connectivity index is 2.42. The van der Waals surface area contributed by atoms with E-state index in [0.717, 1.165) is 11.1 Å². The van der Waals surface area contributed by atoms with Crippen molar-refractivity contribution in [2.75, 3.05) is 4.72 Å². The molecule has 96 valence electrons. The van der Waals surface area contributed by atoms with E-state index in [4.69, 9.17) is 0 Å². The van der Waals surface area contributed by atoms with Crippen molar-refractivity contribution in [2.45, 2.75) is 18.7 Å². The normalized spacial score (nSPS) is 11.5. The highest BCUT2D eigenvalue weighted by Crippen LogP contribution is 2.29. The van der Waals surface area contributed by atoms with Crippen molar-refractivity contribution < 1.29 is 8.42 Å². The molecule has 1 heterocycles. The lowest BCUT2D eigenvalue weighted by Crippen LogP contribution is -2.13. The third-order valence-electron chi connectivity index (χ3n) is 2.45. The first-order valence-electron chi connectivity index (χ1n) is 5.18. The Morgan fingerprint density at radius 3 is 2.61 bits per heavy atom. The molecular weight excluding hydrogens is 318 g/mol. The zero-order valence-electron chi connectivity index (χ0n) is 9.86. The fourth-order valence-corrected chi connectivity index (χ4v) is 3.59. The SMILES string of the molecule is Cc1cc(C)c(NS(=O)(=O)c2cn[nH]c2)c(Br)c1. The molecule has 0 amide bonds. The molecule has 0 spiro atoms. The number of hydrogen-bond donors (Lipinski definition) is 2. The van der Waals surface area contributed by atoms with Crippen LogP contribution < -0.4 is 4.72 Å². The van der Waals surface area contributed by atoms with Gasteiger partial charge in [-0.15, -0.1) is 0 Å². The molecule has 2 rings (SSSR count). The van der Waals surface area contributed by atoms with Crippen molar-refractivity contribution in [3.63, 3.8) is 0 Å². The van der Waals surface area contributed by atoms with Crippen LogP contribution in [0.5, 0.6) is 0 Å². The molecule has 0 radical (unpaired) electrons. The minimum atomic E-state index is -3.60. The minimum Gasteiger partial charge on any atom is -0.284 e. The van der Waals surface area contributed by atoms with Crippen molar-refractivity contribution in [3.8, 4) is 0 Å². The Labute approximate surface area is 114 Å². The van der Waals surface area contributed by atoms with Crippen LogP contribution in [0.4, 0.5) is 5.69 Å². The van der Waals surface area contributed by atoms with Crippen molar-refractivity contribution in [1.82, 2.24) is 10.2 Å². The Kier molecular flexibility index (Phi) is 3.45. The summed E-state index contributed by atoms with van der Waals surface area (Å²) >= 11 is 3.36. The van der Waals surface area contributed by atoms with Crippen LogP contribution in [0, 0.1) is 13.8 Å². The zero-order chi connectivity index (χ0) is 13.3. The lowest BCUT2D eigenvalue weighted by molar-refractivity contribution is 0.601. The number of H-pyrrole nitrogens is 1. The van der Waals surface area contributed by atoms with Gasteiger partial charge in [0.25, 0.3) is 10.0 Å². The molecule has 1 aromatic carbocycles. The summed E-state index contributed by atoms with van der Waals surface area (Å²) in [5.41, 5.74) is 2.46. The van der Waals surface area contributed by atoms with E-state index in [9.17, 15) is 8.42 Å². The average Bonchev–Trinajstić information content (AvgIpc) is 2.77. The maximum atomic E-state index is 12.1. The van der Waals surface area contributed by atoms with Crippen LogP contribution in [0.3, 0.4) is 0 Å². The number of benzene rings is 1. The zero-order valence-corrected chi connectivity index (χ0v) is 12.3. The van der Waals surface area contributed by atoms with Crippen LogP contribution in [0.1, 0.15) is 11.1 Å². The van der Waals surface area contributed by atoms with Gasteiger partial charge in [-0.3, -0.25) is 9.82 Å². The fourth-order valence-electron chi connectivity index (χ4n) is 1.62. The number of nitrogens with one attached hydrogen (secondary N) is 2. The van der Waals surface area contributed by atoms with Gasteiger partial charge in [0.1, 0.15) is 4.90 Å². The number of hydrogen-bond acceptors (Lipinski definition) is 3. The van der Waals surface area contributed by atoms with Crippen LogP contribution in [0.25, 0.3) is 0 Å². The summed E-state index contributed by atoms with van der Waals surface area (Å²) in [7, 11) is -3.60. The number of halogens is 1. The molecule has 0 aliphatic carbocycles. The number of aryl methyl sites for hydroxylation is 2. The second-order valence-corrected chi connectivity index (χ2v) is 6.51. The van der Waals surface area contributed by atoms with Gasteiger partial charge in [0.2, 0.25) is 0 Å². The predicted molar refractivity (Wildman–Crippen MR) is 73.0 cm³/mol. The van der Waals surface area contributed by atoms with Crippen molar-refractivity contribution in [1.29, 1.82) is 0 Å². The van der Waals surface area contributed by atoms with Gasteiger partial charge in [-0.25, -0.2) is 8.42 Å². The van der Waals surface area contributed by atoms with Crippen LogP contribution >= 0.6 is 15.9 Å². The third-order valence-corrected chi connectivity index (χ3v) is 4.39.